The third-order valence-corrected chi connectivity index (χ3v) is 6.64. The molecule has 1 atom stereocenters. The molecule has 0 aromatic carbocycles. The zero-order chi connectivity index (χ0) is 15.0. The molecule has 1 aromatic rings. The van der Waals surface area contributed by atoms with E-state index >= 15 is 0 Å². The molecule has 3 rings (SSSR count). The van der Waals surface area contributed by atoms with E-state index in [-0.39, 0.29) is 10.9 Å². The summed E-state index contributed by atoms with van der Waals surface area (Å²) in [6.45, 7) is 5.11. The number of H-pyrrole nitrogens is 1. The van der Waals surface area contributed by atoms with Gasteiger partial charge in [-0.1, -0.05) is 0 Å². The average molecular weight is 333 g/mol. The van der Waals surface area contributed by atoms with Gasteiger partial charge in [0.15, 0.2) is 5.03 Å². The van der Waals surface area contributed by atoms with Gasteiger partial charge in [-0.15, -0.1) is 11.6 Å². The Morgan fingerprint density at radius 3 is 2.71 bits per heavy atom. The second-order valence-electron chi connectivity index (χ2n) is 5.81. The van der Waals surface area contributed by atoms with Gasteiger partial charge in [-0.05, 0) is 39.3 Å². The number of likely N-dealkylation sites (tertiary alicyclic amines) is 1. The summed E-state index contributed by atoms with van der Waals surface area (Å²) < 4.78 is 27.1. The van der Waals surface area contributed by atoms with Gasteiger partial charge >= 0.3 is 0 Å². The molecule has 2 fully saturated rings. The van der Waals surface area contributed by atoms with Crippen LogP contribution >= 0.6 is 11.6 Å². The highest BCUT2D eigenvalue weighted by Gasteiger charge is 2.38. The van der Waals surface area contributed by atoms with Crippen molar-refractivity contribution in [3.05, 3.63) is 11.3 Å². The van der Waals surface area contributed by atoms with Crippen molar-refractivity contribution in [2.75, 3.05) is 26.2 Å². The number of alkyl halides is 1. The van der Waals surface area contributed by atoms with Crippen molar-refractivity contribution in [2.24, 2.45) is 0 Å². The molecular weight excluding hydrogens is 312 g/mol. The Morgan fingerprint density at radius 1 is 1.33 bits per heavy atom. The average Bonchev–Trinajstić information content (AvgIpc) is 3.18. The summed E-state index contributed by atoms with van der Waals surface area (Å²) in [6.07, 6.45) is 3.34. The van der Waals surface area contributed by atoms with Gasteiger partial charge in [-0.3, -0.25) is 10.00 Å². The quantitative estimate of drug-likeness (QED) is 0.844. The summed E-state index contributed by atoms with van der Waals surface area (Å²) in [7, 11) is -3.54. The van der Waals surface area contributed by atoms with Gasteiger partial charge in [0.2, 0.25) is 0 Å². The van der Waals surface area contributed by atoms with Gasteiger partial charge in [-0.25, -0.2) is 8.42 Å². The first kappa shape index (κ1) is 15.3. The molecule has 6 nitrogen and oxygen atoms in total. The van der Waals surface area contributed by atoms with Crippen LogP contribution in [0.2, 0.25) is 0 Å². The fraction of sp³-hybridized carbons (Fsp3) is 0.769. The van der Waals surface area contributed by atoms with Gasteiger partial charge in [0.25, 0.3) is 10.0 Å². The molecular formula is C13H21ClN4O2S. The second kappa shape index (κ2) is 5.87. The largest absolute Gasteiger partial charge is 0.299 e. The zero-order valence-corrected chi connectivity index (χ0v) is 13.8. The summed E-state index contributed by atoms with van der Waals surface area (Å²) in [5, 5.41) is 6.80. The molecule has 0 spiro atoms. The van der Waals surface area contributed by atoms with E-state index in [4.69, 9.17) is 11.6 Å². The molecule has 0 saturated carbocycles. The van der Waals surface area contributed by atoms with Crippen LogP contribution in [0, 0.1) is 6.92 Å². The molecule has 8 heteroatoms. The predicted octanol–water partition coefficient (Wildman–Crippen LogP) is 1.32. The first-order valence-corrected chi connectivity index (χ1v) is 9.35. The maximum Gasteiger partial charge on any atom is 0.262 e. The second-order valence-corrected chi connectivity index (χ2v) is 7.94. The Morgan fingerprint density at radius 2 is 2.05 bits per heavy atom. The molecule has 0 aliphatic carbocycles. The number of nitrogens with one attached hydrogen (secondary N) is 1. The summed E-state index contributed by atoms with van der Waals surface area (Å²) >= 11 is 5.87. The number of hydrogen-bond donors (Lipinski definition) is 1. The van der Waals surface area contributed by atoms with Gasteiger partial charge in [0.05, 0.1) is 5.88 Å². The number of sulfonamides is 1. The predicted molar refractivity (Wildman–Crippen MR) is 80.9 cm³/mol. The standard InChI is InChI=1S/C13H21ClN4O2S/c1-10-12(8-14)13(16-15-10)21(19,20)18-7-4-11(9-18)17-5-2-3-6-17/h11H,2-9H2,1H3,(H,15,16). The third kappa shape index (κ3) is 2.72. The van der Waals surface area contributed by atoms with E-state index in [9.17, 15) is 8.42 Å². The van der Waals surface area contributed by atoms with Gasteiger partial charge in [0, 0.05) is 30.4 Å². The van der Waals surface area contributed by atoms with E-state index in [1.54, 1.807) is 11.2 Å². The van der Waals surface area contributed by atoms with E-state index in [2.05, 4.69) is 15.1 Å². The maximum absolute atomic E-state index is 12.8. The van der Waals surface area contributed by atoms with E-state index in [0.717, 1.165) is 25.2 Å². The lowest BCUT2D eigenvalue weighted by Gasteiger charge is -2.23. The van der Waals surface area contributed by atoms with Crippen molar-refractivity contribution in [1.29, 1.82) is 0 Å². The van der Waals surface area contributed by atoms with Crippen molar-refractivity contribution in [2.45, 2.75) is 43.1 Å². The lowest BCUT2D eigenvalue weighted by Crippen LogP contribution is -2.37. The van der Waals surface area contributed by atoms with E-state index in [1.165, 1.54) is 12.8 Å². The minimum atomic E-state index is -3.54. The molecule has 0 radical (unpaired) electrons. The maximum atomic E-state index is 12.8. The van der Waals surface area contributed by atoms with E-state index in [1.807, 2.05) is 0 Å². The highest BCUT2D eigenvalue weighted by atomic mass is 35.5. The lowest BCUT2D eigenvalue weighted by atomic mass is 10.2. The van der Waals surface area contributed by atoms with Crippen molar-refractivity contribution >= 4 is 21.6 Å². The Kier molecular flexibility index (Phi) is 4.27. The van der Waals surface area contributed by atoms with E-state index < -0.39 is 10.0 Å². The number of aromatic amines is 1. The lowest BCUT2D eigenvalue weighted by molar-refractivity contribution is 0.251. The zero-order valence-electron chi connectivity index (χ0n) is 12.2. The molecule has 1 unspecified atom stereocenters. The van der Waals surface area contributed by atoms with Crippen molar-refractivity contribution in [1.82, 2.24) is 19.4 Å². The van der Waals surface area contributed by atoms with Crippen LogP contribution in [0.15, 0.2) is 5.03 Å². The van der Waals surface area contributed by atoms with Crippen LogP contribution in [0.1, 0.15) is 30.5 Å². The van der Waals surface area contributed by atoms with Gasteiger partial charge in [-0.2, -0.15) is 9.40 Å². The summed E-state index contributed by atoms with van der Waals surface area (Å²) in [6, 6.07) is 0.349. The Hall–Kier alpha value is -0.630. The summed E-state index contributed by atoms with van der Waals surface area (Å²) in [5.74, 6) is 0.153. The molecule has 1 aromatic heterocycles. The first-order chi connectivity index (χ1) is 10.0. The van der Waals surface area contributed by atoms with Crippen LogP contribution in [0.4, 0.5) is 0 Å². The molecule has 118 valence electrons. The number of rotatable bonds is 4. The van der Waals surface area contributed by atoms with Crippen LogP contribution in [0.25, 0.3) is 0 Å². The van der Waals surface area contributed by atoms with Crippen LogP contribution < -0.4 is 0 Å². The monoisotopic (exact) mass is 332 g/mol. The van der Waals surface area contributed by atoms with Crippen molar-refractivity contribution < 1.29 is 8.42 Å². The summed E-state index contributed by atoms with van der Waals surface area (Å²) in [5.41, 5.74) is 1.31. The Labute approximate surface area is 130 Å². The van der Waals surface area contributed by atoms with Crippen LogP contribution in [0.3, 0.4) is 0 Å². The van der Waals surface area contributed by atoms with Crippen molar-refractivity contribution in [3.8, 4) is 0 Å². The molecule has 2 aliphatic rings. The Balaban J connectivity index is 1.79. The SMILES string of the molecule is Cc1[nH]nc(S(=O)(=O)N2CCC(N3CCCC3)C2)c1CCl. The van der Waals surface area contributed by atoms with E-state index in [0.29, 0.717) is 24.7 Å². The van der Waals surface area contributed by atoms with Crippen molar-refractivity contribution in [3.63, 3.8) is 0 Å². The van der Waals surface area contributed by atoms with Crippen LogP contribution in [-0.4, -0.2) is 60.0 Å². The normalized spacial score (nSPS) is 25.0. The topological polar surface area (TPSA) is 69.3 Å². The molecule has 0 amide bonds. The Bertz CT molecular complexity index is 610. The van der Waals surface area contributed by atoms with Crippen LogP contribution in [-0.2, 0) is 15.9 Å². The fourth-order valence-electron chi connectivity index (χ4n) is 3.26. The summed E-state index contributed by atoms with van der Waals surface area (Å²) in [4.78, 5) is 2.41. The third-order valence-electron chi connectivity index (χ3n) is 4.54. The minimum absolute atomic E-state index is 0.0945. The van der Waals surface area contributed by atoms with Gasteiger partial charge in [0.1, 0.15) is 0 Å². The van der Waals surface area contributed by atoms with Gasteiger partial charge < -0.3 is 0 Å². The molecule has 0 bridgehead atoms. The molecule has 2 saturated heterocycles. The molecule has 3 heterocycles. The number of aryl methyl sites for hydroxylation is 1. The number of halogens is 1. The minimum Gasteiger partial charge on any atom is -0.299 e. The van der Waals surface area contributed by atoms with Crippen LogP contribution in [0.5, 0.6) is 0 Å². The number of hydrogen-bond acceptors (Lipinski definition) is 4. The molecule has 21 heavy (non-hydrogen) atoms. The number of nitrogens with zero attached hydrogens (tertiary/aromatic N) is 3. The number of aromatic nitrogens is 2. The molecule has 1 N–H and O–H groups in total. The molecule has 2 aliphatic heterocycles. The highest BCUT2D eigenvalue weighted by Crippen LogP contribution is 2.27. The highest BCUT2D eigenvalue weighted by molar-refractivity contribution is 7.89. The fourth-order valence-corrected chi connectivity index (χ4v) is 5.32. The smallest absolute Gasteiger partial charge is 0.262 e. The first-order valence-electron chi connectivity index (χ1n) is 7.38.